The van der Waals surface area contributed by atoms with E-state index in [4.69, 9.17) is 23.2 Å². The van der Waals surface area contributed by atoms with Gasteiger partial charge in [0.1, 0.15) is 0 Å². The fraction of sp³-hybridized carbons (Fsp3) is 0.269. The number of rotatable bonds is 6. The number of ketones is 1. The van der Waals surface area contributed by atoms with Crippen LogP contribution in [0.4, 0.5) is 5.69 Å². The Morgan fingerprint density at radius 3 is 2.43 bits per heavy atom. The average molecular weight is 530 g/mol. The Morgan fingerprint density at radius 2 is 1.74 bits per heavy atom. The third-order valence-corrected chi connectivity index (χ3v) is 8.38. The fourth-order valence-corrected chi connectivity index (χ4v) is 5.93. The van der Waals surface area contributed by atoms with Gasteiger partial charge in [-0.05, 0) is 73.6 Å². The number of pyridine rings is 1. The molecule has 3 atom stereocenters. The number of benzene rings is 2. The summed E-state index contributed by atoms with van der Waals surface area (Å²) in [5.41, 5.74) is 1.89. The van der Waals surface area contributed by atoms with E-state index in [0.29, 0.717) is 34.1 Å². The van der Waals surface area contributed by atoms with Gasteiger partial charge in [0, 0.05) is 59.4 Å². The van der Waals surface area contributed by atoms with E-state index in [9.17, 15) is 14.1 Å². The minimum atomic E-state index is -1.64. The number of piperazine rings is 1. The lowest BCUT2D eigenvalue weighted by Gasteiger charge is -2.46. The van der Waals surface area contributed by atoms with Crippen LogP contribution in [-0.2, 0) is 11.2 Å². The summed E-state index contributed by atoms with van der Waals surface area (Å²) in [5.74, 6) is -0.596. The molecule has 9 heteroatoms. The number of amides is 1. The maximum absolute atomic E-state index is 13.3. The van der Waals surface area contributed by atoms with E-state index in [1.165, 1.54) is 18.5 Å². The van der Waals surface area contributed by atoms with Crippen molar-refractivity contribution in [3.05, 3.63) is 88.2 Å². The monoisotopic (exact) mass is 529 g/mol. The molecular weight excluding hydrogens is 505 g/mol. The van der Waals surface area contributed by atoms with Crippen LogP contribution < -0.4 is 4.90 Å². The van der Waals surface area contributed by atoms with Gasteiger partial charge in [-0.2, -0.15) is 0 Å². The molecule has 1 aliphatic heterocycles. The number of Topliss-reactive ketones (excluding diaryl/α,β-unsaturated/α-hetero) is 1. The third-order valence-electron chi connectivity index (χ3n) is 6.35. The first-order valence-electron chi connectivity index (χ1n) is 11.2. The van der Waals surface area contributed by atoms with Crippen molar-refractivity contribution < 1.29 is 14.1 Å². The van der Waals surface area contributed by atoms with Gasteiger partial charge in [0.05, 0.1) is 5.02 Å². The zero-order valence-corrected chi connectivity index (χ0v) is 21.7. The molecule has 1 aromatic heterocycles. The van der Waals surface area contributed by atoms with Gasteiger partial charge in [-0.3, -0.25) is 14.6 Å². The smallest absolute Gasteiger partial charge is 0.254 e. The van der Waals surface area contributed by atoms with Crippen molar-refractivity contribution in [3.63, 3.8) is 0 Å². The summed E-state index contributed by atoms with van der Waals surface area (Å²) < 4.78 is 12.8. The zero-order chi connectivity index (χ0) is 25.1. The van der Waals surface area contributed by atoms with Gasteiger partial charge in [-0.1, -0.05) is 29.3 Å². The maximum Gasteiger partial charge on any atom is 0.254 e. The van der Waals surface area contributed by atoms with E-state index in [1.807, 2.05) is 36.1 Å². The molecule has 0 spiro atoms. The molecule has 1 fully saturated rings. The number of anilines is 1. The molecule has 0 bridgehead atoms. The van der Waals surface area contributed by atoms with Gasteiger partial charge in [-0.15, -0.1) is 0 Å². The molecule has 1 aliphatic rings. The van der Waals surface area contributed by atoms with Crippen LogP contribution in [0.15, 0.2) is 71.9 Å². The van der Waals surface area contributed by atoms with Crippen molar-refractivity contribution >= 4 is 51.8 Å². The Labute approximate surface area is 218 Å². The molecule has 2 aromatic carbocycles. The second-order valence-corrected chi connectivity index (χ2v) is 10.7. The summed E-state index contributed by atoms with van der Waals surface area (Å²) >= 11 is 10.9. The van der Waals surface area contributed by atoms with Crippen LogP contribution in [0.2, 0.25) is 10.0 Å². The van der Waals surface area contributed by atoms with Crippen LogP contribution in [0.3, 0.4) is 0 Å². The zero-order valence-electron chi connectivity index (χ0n) is 19.4. The van der Waals surface area contributed by atoms with E-state index < -0.39 is 11.2 Å². The molecule has 1 saturated heterocycles. The quantitative estimate of drug-likeness (QED) is 0.327. The van der Waals surface area contributed by atoms with Gasteiger partial charge in [0.15, 0.2) is 10.6 Å². The normalized spacial score (nSPS) is 18.9. The minimum absolute atomic E-state index is 0.0548. The Morgan fingerprint density at radius 1 is 1.00 bits per heavy atom. The molecule has 0 saturated carbocycles. The first-order valence-corrected chi connectivity index (χ1v) is 13.3. The largest absolute Gasteiger partial charge is 0.611 e. The highest BCUT2D eigenvalue weighted by Crippen LogP contribution is 2.29. The summed E-state index contributed by atoms with van der Waals surface area (Å²) in [6.07, 6.45) is 3.03. The highest BCUT2D eigenvalue weighted by atomic mass is 35.5. The highest BCUT2D eigenvalue weighted by molar-refractivity contribution is 7.92. The first-order chi connectivity index (χ1) is 16.8. The summed E-state index contributed by atoms with van der Waals surface area (Å²) in [6.45, 7) is 5.33. The molecule has 3 aromatic rings. The second kappa shape index (κ2) is 11.0. The Balaban J connectivity index is 1.45. The maximum atomic E-state index is 13.3. The number of hydrogen-bond acceptors (Lipinski definition) is 5. The van der Waals surface area contributed by atoms with Crippen LogP contribution in [0.25, 0.3) is 0 Å². The van der Waals surface area contributed by atoms with E-state index >= 15 is 0 Å². The molecule has 6 nitrogen and oxygen atoms in total. The third kappa shape index (κ3) is 5.64. The molecule has 3 unspecified atom stereocenters. The minimum Gasteiger partial charge on any atom is -0.611 e. The number of carbonyl (C=O) groups is 2. The van der Waals surface area contributed by atoms with Crippen LogP contribution >= 0.6 is 23.2 Å². The fourth-order valence-electron chi connectivity index (χ4n) is 4.25. The Kier molecular flexibility index (Phi) is 8.02. The van der Waals surface area contributed by atoms with Crippen molar-refractivity contribution in [3.8, 4) is 0 Å². The lowest BCUT2D eigenvalue weighted by atomic mass is 10.0. The molecule has 182 valence electrons. The molecular formula is C26H25Cl2N3O3S. The molecule has 0 N–H and O–H groups in total. The van der Waals surface area contributed by atoms with Crippen LogP contribution in [0.5, 0.6) is 0 Å². The van der Waals surface area contributed by atoms with Crippen LogP contribution in [0.1, 0.15) is 34.6 Å². The molecule has 1 amide bonds. The van der Waals surface area contributed by atoms with E-state index in [0.717, 1.165) is 5.69 Å². The summed E-state index contributed by atoms with van der Waals surface area (Å²) in [4.78, 5) is 34.0. The summed E-state index contributed by atoms with van der Waals surface area (Å²) in [7, 11) is 0. The van der Waals surface area contributed by atoms with Crippen molar-refractivity contribution in [2.75, 3.05) is 23.7 Å². The molecule has 0 aliphatic carbocycles. The SMILES string of the molecule is CC1C(C)N(c2cccc(Cl)c2)CCN1C(=O)c1ccc([S+]([O-])CC(=O)c2ccncc2)c(Cl)c1. The van der Waals surface area contributed by atoms with E-state index in [2.05, 4.69) is 16.8 Å². The lowest BCUT2D eigenvalue weighted by Crippen LogP contribution is -2.59. The Bertz CT molecular complexity index is 1230. The van der Waals surface area contributed by atoms with Gasteiger partial charge in [0.2, 0.25) is 5.78 Å². The van der Waals surface area contributed by atoms with Gasteiger partial charge >= 0.3 is 0 Å². The number of nitrogens with zero attached hydrogens (tertiary/aromatic N) is 3. The molecule has 4 rings (SSSR count). The van der Waals surface area contributed by atoms with E-state index in [1.54, 1.807) is 24.3 Å². The number of carbonyl (C=O) groups excluding carboxylic acids is 2. The summed E-state index contributed by atoms with van der Waals surface area (Å²) in [6, 6.07) is 15.6. The van der Waals surface area contributed by atoms with Crippen molar-refractivity contribution in [1.29, 1.82) is 0 Å². The number of aromatic nitrogens is 1. The lowest BCUT2D eigenvalue weighted by molar-refractivity contribution is 0.0634. The predicted octanol–water partition coefficient (Wildman–Crippen LogP) is 5.12. The van der Waals surface area contributed by atoms with Crippen molar-refractivity contribution in [2.24, 2.45) is 0 Å². The van der Waals surface area contributed by atoms with Gasteiger partial charge in [0.25, 0.3) is 5.91 Å². The van der Waals surface area contributed by atoms with Crippen LogP contribution in [0, 0.1) is 0 Å². The molecule has 35 heavy (non-hydrogen) atoms. The second-order valence-electron chi connectivity index (χ2n) is 8.45. The standard InChI is InChI=1S/C26H25Cl2N3O3S/c1-17-18(2)31(13-12-30(17)22-5-3-4-21(27)15-22)26(33)20-6-7-25(23(28)14-20)35(34)16-24(32)19-8-10-29-11-9-19/h3-11,14-15,17-18H,12-13,16H2,1-2H3. The van der Waals surface area contributed by atoms with Gasteiger partial charge in [-0.25, -0.2) is 0 Å². The van der Waals surface area contributed by atoms with Crippen LogP contribution in [-0.4, -0.2) is 57.1 Å². The first kappa shape index (κ1) is 25.5. The van der Waals surface area contributed by atoms with Crippen molar-refractivity contribution in [2.45, 2.75) is 30.8 Å². The Hall–Kier alpha value is -2.58. The number of hydrogen-bond donors (Lipinski definition) is 0. The number of halogens is 2. The van der Waals surface area contributed by atoms with Crippen molar-refractivity contribution in [1.82, 2.24) is 9.88 Å². The average Bonchev–Trinajstić information content (AvgIpc) is 2.85. The molecule has 0 radical (unpaired) electrons. The topological polar surface area (TPSA) is 76.6 Å². The summed E-state index contributed by atoms with van der Waals surface area (Å²) in [5, 5.41) is 0.880. The highest BCUT2D eigenvalue weighted by Gasteiger charge is 2.34. The predicted molar refractivity (Wildman–Crippen MR) is 140 cm³/mol. The van der Waals surface area contributed by atoms with E-state index in [-0.39, 0.29) is 34.5 Å². The van der Waals surface area contributed by atoms with Gasteiger partial charge < -0.3 is 14.4 Å². The molecule has 2 heterocycles.